The summed E-state index contributed by atoms with van der Waals surface area (Å²) in [6.07, 6.45) is 1.53. The number of carbonyl (C=O) groups is 1. The summed E-state index contributed by atoms with van der Waals surface area (Å²) in [5, 5.41) is 3.30. The van der Waals surface area contributed by atoms with Gasteiger partial charge in [-0.15, -0.1) is 0 Å². The van der Waals surface area contributed by atoms with Crippen LogP contribution in [0, 0.1) is 6.92 Å². The van der Waals surface area contributed by atoms with Crippen LogP contribution in [0.3, 0.4) is 0 Å². The van der Waals surface area contributed by atoms with Gasteiger partial charge in [0.25, 0.3) is 0 Å². The molecule has 3 rings (SSSR count). The number of sulfone groups is 1. The van der Waals surface area contributed by atoms with Crippen LogP contribution in [-0.4, -0.2) is 31.1 Å². The minimum Gasteiger partial charge on any atom is -0.441 e. The second kappa shape index (κ2) is 10.1. The molecular formula is C23H25ClN2O4S. The summed E-state index contributed by atoms with van der Waals surface area (Å²) in [5.41, 5.74) is 2.12. The van der Waals surface area contributed by atoms with Crippen molar-refractivity contribution in [2.75, 3.05) is 5.75 Å². The predicted octanol–water partition coefficient (Wildman–Crippen LogP) is 4.36. The lowest BCUT2D eigenvalue weighted by Crippen LogP contribution is -2.37. The molecule has 0 bridgehead atoms. The average Bonchev–Trinajstić information content (AvgIpc) is 3.06. The first-order chi connectivity index (χ1) is 14.7. The van der Waals surface area contributed by atoms with Crippen molar-refractivity contribution in [3.63, 3.8) is 0 Å². The standard InChI is InChI=1S/C23H25ClN2O4S/c1-16(11-12-18-7-4-3-5-8-18)25-22(27)15-31(28,29)14-21-17(2)30-23(26-21)19-9-6-10-20(24)13-19/h3-10,13,16H,11-12,14-15H2,1-2H3,(H,25,27)/t16-/m0/s1. The van der Waals surface area contributed by atoms with E-state index >= 15 is 0 Å². The Balaban J connectivity index is 1.56. The molecule has 0 fully saturated rings. The van der Waals surface area contributed by atoms with Crippen molar-refractivity contribution in [2.45, 2.75) is 38.5 Å². The molecule has 0 aliphatic heterocycles. The number of carbonyl (C=O) groups excluding carboxylic acids is 1. The second-order valence-corrected chi connectivity index (χ2v) is 10.1. The number of aromatic nitrogens is 1. The van der Waals surface area contributed by atoms with Crippen LogP contribution in [0.25, 0.3) is 11.5 Å². The molecule has 0 spiro atoms. The molecule has 1 heterocycles. The third-order valence-electron chi connectivity index (χ3n) is 4.79. The molecule has 0 saturated heterocycles. The highest BCUT2D eigenvalue weighted by molar-refractivity contribution is 7.91. The SMILES string of the molecule is Cc1oc(-c2cccc(Cl)c2)nc1CS(=O)(=O)CC(=O)N[C@@H](C)CCc1ccccc1. The van der Waals surface area contributed by atoms with Crippen LogP contribution in [0.5, 0.6) is 0 Å². The van der Waals surface area contributed by atoms with Gasteiger partial charge in [-0.1, -0.05) is 48.0 Å². The van der Waals surface area contributed by atoms with E-state index in [4.69, 9.17) is 16.0 Å². The molecule has 6 nitrogen and oxygen atoms in total. The molecule has 1 aromatic heterocycles. The Morgan fingerprint density at radius 3 is 2.61 bits per heavy atom. The zero-order valence-corrected chi connectivity index (χ0v) is 19.0. The van der Waals surface area contributed by atoms with E-state index in [0.717, 1.165) is 12.8 Å². The van der Waals surface area contributed by atoms with Crippen molar-refractivity contribution in [3.8, 4) is 11.5 Å². The Labute approximate surface area is 187 Å². The van der Waals surface area contributed by atoms with Crippen LogP contribution in [0.2, 0.25) is 5.02 Å². The molecule has 8 heteroatoms. The predicted molar refractivity (Wildman–Crippen MR) is 122 cm³/mol. The van der Waals surface area contributed by atoms with E-state index in [-0.39, 0.29) is 11.8 Å². The number of oxazole rings is 1. The van der Waals surface area contributed by atoms with E-state index in [1.165, 1.54) is 5.56 Å². The van der Waals surface area contributed by atoms with Gasteiger partial charge in [0.15, 0.2) is 9.84 Å². The highest BCUT2D eigenvalue weighted by Crippen LogP contribution is 2.25. The third-order valence-corrected chi connectivity index (χ3v) is 6.44. The smallest absolute Gasteiger partial charge is 0.235 e. The number of rotatable bonds is 9. The van der Waals surface area contributed by atoms with E-state index in [2.05, 4.69) is 10.3 Å². The molecule has 1 atom stereocenters. The molecule has 2 aromatic carbocycles. The van der Waals surface area contributed by atoms with Gasteiger partial charge in [0.1, 0.15) is 11.5 Å². The molecule has 0 radical (unpaired) electrons. The Morgan fingerprint density at radius 1 is 1.16 bits per heavy atom. The fourth-order valence-corrected chi connectivity index (χ4v) is 4.64. The first-order valence-corrected chi connectivity index (χ1v) is 12.2. The van der Waals surface area contributed by atoms with Gasteiger partial charge in [-0.2, -0.15) is 0 Å². The Kier molecular flexibility index (Phi) is 7.51. The number of hydrogen-bond acceptors (Lipinski definition) is 5. The maximum Gasteiger partial charge on any atom is 0.235 e. The lowest BCUT2D eigenvalue weighted by Gasteiger charge is -2.14. The quantitative estimate of drug-likeness (QED) is 0.512. The summed E-state index contributed by atoms with van der Waals surface area (Å²) >= 11 is 5.99. The first-order valence-electron chi connectivity index (χ1n) is 9.98. The van der Waals surface area contributed by atoms with Gasteiger partial charge in [0, 0.05) is 16.6 Å². The maximum atomic E-state index is 12.6. The highest BCUT2D eigenvalue weighted by atomic mass is 35.5. The zero-order valence-electron chi connectivity index (χ0n) is 17.5. The Hall–Kier alpha value is -2.64. The topological polar surface area (TPSA) is 89.3 Å². The molecule has 3 aromatic rings. The number of benzene rings is 2. The summed E-state index contributed by atoms with van der Waals surface area (Å²) in [6.45, 7) is 3.52. The van der Waals surface area contributed by atoms with Crippen molar-refractivity contribution >= 4 is 27.3 Å². The average molecular weight is 461 g/mol. The van der Waals surface area contributed by atoms with Gasteiger partial charge in [-0.25, -0.2) is 13.4 Å². The third kappa shape index (κ3) is 6.94. The monoisotopic (exact) mass is 460 g/mol. The summed E-state index contributed by atoms with van der Waals surface area (Å²) in [5.74, 6) is -0.785. The van der Waals surface area contributed by atoms with Crippen molar-refractivity contribution in [1.82, 2.24) is 10.3 Å². The molecule has 0 unspecified atom stereocenters. The first kappa shape index (κ1) is 23.0. The van der Waals surface area contributed by atoms with Crippen LogP contribution < -0.4 is 5.32 Å². The molecule has 1 amide bonds. The lowest BCUT2D eigenvalue weighted by molar-refractivity contribution is -0.119. The lowest BCUT2D eigenvalue weighted by atomic mass is 10.1. The summed E-state index contributed by atoms with van der Waals surface area (Å²) in [4.78, 5) is 16.6. The van der Waals surface area contributed by atoms with Gasteiger partial charge < -0.3 is 9.73 Å². The van der Waals surface area contributed by atoms with E-state index in [1.54, 1.807) is 31.2 Å². The van der Waals surface area contributed by atoms with Crippen LogP contribution in [-0.2, 0) is 26.8 Å². The molecular weight excluding hydrogens is 436 g/mol. The number of nitrogens with one attached hydrogen (secondary N) is 1. The van der Waals surface area contributed by atoms with Crippen LogP contribution >= 0.6 is 11.6 Å². The molecule has 0 aliphatic rings. The largest absolute Gasteiger partial charge is 0.441 e. The van der Waals surface area contributed by atoms with Crippen molar-refractivity contribution in [1.29, 1.82) is 0 Å². The van der Waals surface area contributed by atoms with Crippen LogP contribution in [0.1, 0.15) is 30.4 Å². The number of hydrogen-bond donors (Lipinski definition) is 1. The second-order valence-electron chi connectivity index (χ2n) is 7.56. The number of amides is 1. The minimum absolute atomic E-state index is 0.133. The van der Waals surface area contributed by atoms with E-state index in [1.807, 2.05) is 37.3 Å². The number of halogens is 1. The molecule has 164 valence electrons. The van der Waals surface area contributed by atoms with E-state index in [9.17, 15) is 13.2 Å². The van der Waals surface area contributed by atoms with Crippen molar-refractivity contribution in [2.24, 2.45) is 0 Å². The van der Waals surface area contributed by atoms with E-state index in [0.29, 0.717) is 27.9 Å². The fraction of sp³-hybridized carbons (Fsp3) is 0.304. The molecule has 0 aliphatic carbocycles. The number of nitrogens with zero attached hydrogens (tertiary/aromatic N) is 1. The van der Waals surface area contributed by atoms with Gasteiger partial charge >= 0.3 is 0 Å². The Bertz CT molecular complexity index is 1140. The molecule has 31 heavy (non-hydrogen) atoms. The number of aryl methyl sites for hydroxylation is 2. The van der Waals surface area contributed by atoms with E-state index < -0.39 is 21.5 Å². The molecule has 1 N–H and O–H groups in total. The zero-order chi connectivity index (χ0) is 22.4. The van der Waals surface area contributed by atoms with Gasteiger partial charge in [-0.05, 0) is 50.5 Å². The van der Waals surface area contributed by atoms with Crippen molar-refractivity contribution in [3.05, 3.63) is 76.6 Å². The maximum absolute atomic E-state index is 12.6. The van der Waals surface area contributed by atoms with Crippen LogP contribution in [0.4, 0.5) is 0 Å². The highest BCUT2D eigenvalue weighted by Gasteiger charge is 2.23. The van der Waals surface area contributed by atoms with Gasteiger partial charge in [0.05, 0.1) is 11.4 Å². The van der Waals surface area contributed by atoms with Gasteiger partial charge in [-0.3, -0.25) is 4.79 Å². The summed E-state index contributed by atoms with van der Waals surface area (Å²) in [6, 6.07) is 16.8. The fourth-order valence-electron chi connectivity index (χ4n) is 3.18. The van der Waals surface area contributed by atoms with Crippen LogP contribution in [0.15, 0.2) is 59.0 Å². The summed E-state index contributed by atoms with van der Waals surface area (Å²) in [7, 11) is -3.71. The summed E-state index contributed by atoms with van der Waals surface area (Å²) < 4.78 is 30.7. The Morgan fingerprint density at radius 2 is 1.90 bits per heavy atom. The normalized spacial score (nSPS) is 12.5. The van der Waals surface area contributed by atoms with Crippen molar-refractivity contribution < 1.29 is 17.6 Å². The van der Waals surface area contributed by atoms with Gasteiger partial charge in [0.2, 0.25) is 11.8 Å². The minimum atomic E-state index is -3.71. The molecule has 0 saturated carbocycles.